The highest BCUT2D eigenvalue weighted by Crippen LogP contribution is 2.41. The highest BCUT2D eigenvalue weighted by atomic mass is 35.5. The fourth-order valence-electron chi connectivity index (χ4n) is 6.50. The molecule has 3 heterocycles. The number of halogens is 2. The van der Waals surface area contributed by atoms with Crippen LogP contribution in [0.5, 0.6) is 0 Å². The van der Waals surface area contributed by atoms with Gasteiger partial charge < -0.3 is 32.0 Å². The van der Waals surface area contributed by atoms with E-state index in [0.717, 1.165) is 22.9 Å². The van der Waals surface area contributed by atoms with Crippen LogP contribution < -0.4 is 22.1 Å². The first-order chi connectivity index (χ1) is 24.2. The molecule has 0 radical (unpaired) electrons. The fraction of sp³-hybridized carbons (Fsp3) is 0.405. The third kappa shape index (κ3) is 8.99. The van der Waals surface area contributed by atoms with Crippen molar-refractivity contribution in [1.82, 2.24) is 20.2 Å². The van der Waals surface area contributed by atoms with Gasteiger partial charge in [-0.15, -0.1) is 0 Å². The van der Waals surface area contributed by atoms with Crippen molar-refractivity contribution >= 4 is 69.2 Å². The molecule has 2 aromatic carbocycles. The van der Waals surface area contributed by atoms with Gasteiger partial charge >= 0.3 is 0 Å². The average Bonchev–Trinajstić information content (AvgIpc) is 3.53. The van der Waals surface area contributed by atoms with Gasteiger partial charge in [0.1, 0.15) is 11.1 Å². The van der Waals surface area contributed by atoms with Gasteiger partial charge in [0.05, 0.1) is 16.8 Å². The molecule has 13 heteroatoms. The van der Waals surface area contributed by atoms with E-state index in [2.05, 4.69) is 20.6 Å². The molecule has 0 saturated heterocycles. The third-order valence-electron chi connectivity index (χ3n) is 9.17. The number of carbonyl (C=O) groups is 3. The van der Waals surface area contributed by atoms with Crippen molar-refractivity contribution in [1.29, 1.82) is 0 Å². The average molecular weight is 739 g/mol. The molecule has 50 heavy (non-hydrogen) atoms. The van der Waals surface area contributed by atoms with Crippen molar-refractivity contribution in [3.05, 3.63) is 82.1 Å². The van der Waals surface area contributed by atoms with E-state index < -0.39 is 18.0 Å². The number of nitrogens with one attached hydrogen (secondary N) is 3. The Bertz CT molecular complexity index is 1800. The lowest BCUT2D eigenvalue weighted by atomic mass is 9.90. The van der Waals surface area contributed by atoms with Crippen LogP contribution in [0.3, 0.4) is 0 Å². The summed E-state index contributed by atoms with van der Waals surface area (Å²) in [6, 6.07) is 13.4. The van der Waals surface area contributed by atoms with Crippen LogP contribution in [0, 0.1) is 5.92 Å². The number of H-pyrrole nitrogens is 1. The van der Waals surface area contributed by atoms with Gasteiger partial charge in [0, 0.05) is 70.6 Å². The zero-order chi connectivity index (χ0) is 35.6. The molecule has 0 saturated carbocycles. The van der Waals surface area contributed by atoms with Crippen LogP contribution in [-0.2, 0) is 27.3 Å². The minimum absolute atomic E-state index is 0.0105. The van der Waals surface area contributed by atoms with E-state index in [-0.39, 0.29) is 43.5 Å². The van der Waals surface area contributed by atoms with Gasteiger partial charge in [0.15, 0.2) is 5.78 Å². The summed E-state index contributed by atoms with van der Waals surface area (Å²) in [4.78, 5) is 53.4. The molecule has 7 N–H and O–H groups in total. The smallest absolute Gasteiger partial charge is 0.243 e. The van der Waals surface area contributed by atoms with E-state index in [1.54, 1.807) is 29.3 Å². The van der Waals surface area contributed by atoms with Crippen molar-refractivity contribution in [2.75, 3.05) is 25.0 Å². The SMILES string of the molecule is CCN1C(=O)[C@H](CCCCN)CC(=O)[C@H](CCCN)Nc2cccnc2Sc2c(Cl)ccc(Cl)c2CNC(=O)[C@@H]1Cc1c[nH]c2ccccc12. The van der Waals surface area contributed by atoms with Gasteiger partial charge in [-0.3, -0.25) is 14.4 Å². The molecule has 3 atom stereocenters. The predicted octanol–water partition coefficient (Wildman–Crippen LogP) is 6.33. The second kappa shape index (κ2) is 18.1. The van der Waals surface area contributed by atoms with E-state index in [1.165, 1.54) is 11.8 Å². The number of fused-ring (bicyclic) bond motifs is 3. The van der Waals surface area contributed by atoms with Crippen LogP contribution >= 0.6 is 35.0 Å². The number of ketones is 1. The minimum Gasteiger partial charge on any atom is -0.373 e. The summed E-state index contributed by atoms with van der Waals surface area (Å²) in [7, 11) is 0. The van der Waals surface area contributed by atoms with Crippen LogP contribution in [0.4, 0.5) is 5.69 Å². The molecular formula is C37H45Cl2N7O3S. The number of pyridine rings is 1. The molecule has 1 aliphatic heterocycles. The number of likely N-dealkylation sites (N-methyl/N-ethyl adjacent to an activating group) is 1. The Morgan fingerprint density at radius 1 is 0.960 bits per heavy atom. The minimum atomic E-state index is -0.866. The van der Waals surface area contributed by atoms with E-state index in [4.69, 9.17) is 34.7 Å². The van der Waals surface area contributed by atoms with Gasteiger partial charge in [-0.25, -0.2) is 4.98 Å². The maximum atomic E-state index is 14.6. The molecule has 0 fully saturated rings. The predicted molar refractivity (Wildman–Crippen MR) is 202 cm³/mol. The Kier molecular flexibility index (Phi) is 13.6. The summed E-state index contributed by atoms with van der Waals surface area (Å²) in [5.74, 6) is -1.31. The molecule has 0 spiro atoms. The van der Waals surface area contributed by atoms with Gasteiger partial charge in [0.2, 0.25) is 11.8 Å². The van der Waals surface area contributed by atoms with Gasteiger partial charge in [-0.05, 0) is 81.6 Å². The molecule has 4 aromatic rings. The standard InChI is InChI=1S/C37H45Cl2N7O3S/c1-2-46-32(19-24-21-43-29-11-4-3-10-25(24)29)35(48)44-22-26-27(38)14-15-28(39)34(26)50-36-31(13-8-18-42-36)45-30(12-7-17-41)33(47)20-23(37(46)49)9-5-6-16-40/h3-4,8,10-11,13-15,18,21,23,30,32,43,45H,2,5-7,9,12,16-17,19-20,22,40-41H2,1H3,(H,44,48)/t23-,30+,32+/m1/s1. The number of amides is 2. The largest absolute Gasteiger partial charge is 0.373 e. The normalized spacial score (nSPS) is 19.2. The number of anilines is 1. The van der Waals surface area contributed by atoms with Gasteiger partial charge in [-0.1, -0.05) is 59.6 Å². The second-order valence-electron chi connectivity index (χ2n) is 12.5. The van der Waals surface area contributed by atoms with Crippen LogP contribution in [0.2, 0.25) is 10.0 Å². The zero-order valence-corrected chi connectivity index (χ0v) is 30.6. The number of Topliss-reactive ketones (excluding diaryl/α,β-unsaturated/α-hetero) is 1. The van der Waals surface area contributed by atoms with Crippen molar-refractivity contribution in [3.63, 3.8) is 0 Å². The van der Waals surface area contributed by atoms with Crippen molar-refractivity contribution in [2.24, 2.45) is 17.4 Å². The molecule has 266 valence electrons. The lowest BCUT2D eigenvalue weighted by Gasteiger charge is -2.34. The lowest BCUT2D eigenvalue weighted by molar-refractivity contribution is -0.145. The molecule has 0 bridgehead atoms. The second-order valence-corrected chi connectivity index (χ2v) is 14.3. The molecule has 0 aliphatic carbocycles. The summed E-state index contributed by atoms with van der Waals surface area (Å²) in [5, 5.41) is 8.95. The summed E-state index contributed by atoms with van der Waals surface area (Å²) < 4.78 is 0. The van der Waals surface area contributed by atoms with Crippen LogP contribution in [0.15, 0.2) is 70.8 Å². The Balaban J connectivity index is 1.62. The Morgan fingerprint density at radius 2 is 1.74 bits per heavy atom. The maximum absolute atomic E-state index is 14.6. The number of aromatic amines is 1. The molecule has 2 amide bonds. The van der Waals surface area contributed by atoms with Crippen molar-refractivity contribution < 1.29 is 14.4 Å². The monoisotopic (exact) mass is 737 g/mol. The number of rotatable bonds is 10. The molecule has 10 nitrogen and oxygen atoms in total. The first-order valence-electron chi connectivity index (χ1n) is 17.2. The number of nitrogens with zero attached hydrogens (tertiary/aromatic N) is 2. The molecule has 5 rings (SSSR count). The summed E-state index contributed by atoms with van der Waals surface area (Å²) in [6.45, 7) is 3.10. The molecular weight excluding hydrogens is 693 g/mol. The number of carbonyl (C=O) groups excluding carboxylic acids is 3. The lowest BCUT2D eigenvalue weighted by Crippen LogP contribution is -2.52. The van der Waals surface area contributed by atoms with Gasteiger partial charge in [0.25, 0.3) is 0 Å². The van der Waals surface area contributed by atoms with Crippen molar-refractivity contribution in [3.8, 4) is 0 Å². The quantitative estimate of drug-likeness (QED) is 0.118. The molecule has 0 unspecified atom stereocenters. The first-order valence-corrected chi connectivity index (χ1v) is 18.7. The summed E-state index contributed by atoms with van der Waals surface area (Å²) >= 11 is 14.9. The van der Waals surface area contributed by atoms with Crippen LogP contribution in [0.1, 0.15) is 56.6 Å². The highest BCUT2D eigenvalue weighted by Gasteiger charge is 2.36. The van der Waals surface area contributed by atoms with Gasteiger partial charge in [-0.2, -0.15) is 0 Å². The van der Waals surface area contributed by atoms with E-state index in [1.807, 2.05) is 43.5 Å². The third-order valence-corrected chi connectivity index (χ3v) is 11.1. The van der Waals surface area contributed by atoms with Crippen LogP contribution in [0.25, 0.3) is 10.9 Å². The molecule has 2 aromatic heterocycles. The Morgan fingerprint density at radius 3 is 2.52 bits per heavy atom. The van der Waals surface area contributed by atoms with Crippen molar-refractivity contribution in [2.45, 2.75) is 80.4 Å². The maximum Gasteiger partial charge on any atom is 0.243 e. The summed E-state index contributed by atoms with van der Waals surface area (Å²) in [6.07, 6.45) is 6.79. The fourth-order valence-corrected chi connectivity index (χ4v) is 8.08. The summed E-state index contributed by atoms with van der Waals surface area (Å²) in [5.41, 5.74) is 14.8. The molecule has 1 aliphatic rings. The number of benzene rings is 2. The zero-order valence-electron chi connectivity index (χ0n) is 28.2. The highest BCUT2D eigenvalue weighted by molar-refractivity contribution is 7.99. The number of hydrogen-bond acceptors (Lipinski definition) is 8. The number of aromatic nitrogens is 2. The number of nitrogens with two attached hydrogens (primary N) is 2. The Hall–Kier alpha value is -3.61. The van der Waals surface area contributed by atoms with E-state index in [9.17, 15) is 14.4 Å². The van der Waals surface area contributed by atoms with E-state index in [0.29, 0.717) is 70.0 Å². The number of hydrogen-bond donors (Lipinski definition) is 5. The van der Waals surface area contributed by atoms with E-state index >= 15 is 0 Å². The number of unbranched alkanes of at least 4 members (excludes halogenated alkanes) is 1. The first kappa shape index (κ1) is 37.6. The Labute approximate surface area is 307 Å². The topological polar surface area (TPSA) is 159 Å². The van der Waals surface area contributed by atoms with Crippen LogP contribution in [-0.4, -0.2) is 64.2 Å². The number of para-hydroxylation sites is 1.